The van der Waals surface area contributed by atoms with E-state index < -0.39 is 11.1 Å². The minimum Gasteiger partial charge on any atom is -0.768 e. The summed E-state index contributed by atoms with van der Waals surface area (Å²) in [4.78, 5) is 0.447. The van der Waals surface area contributed by atoms with Gasteiger partial charge in [0, 0.05) is 4.90 Å². The third-order valence-corrected chi connectivity index (χ3v) is 3.41. The second kappa shape index (κ2) is 5.89. The van der Waals surface area contributed by atoms with E-state index in [1.807, 2.05) is 33.8 Å². The van der Waals surface area contributed by atoms with Crippen molar-refractivity contribution in [2.24, 2.45) is 0 Å². The van der Waals surface area contributed by atoms with Gasteiger partial charge in [0.2, 0.25) is 0 Å². The summed E-state index contributed by atoms with van der Waals surface area (Å²) in [5.41, 5.74) is 3.90. The first-order valence-electron chi connectivity index (χ1n) is 4.11. The maximum absolute atomic E-state index is 10.9. The van der Waals surface area contributed by atoms with Crippen LogP contribution in [0.2, 0.25) is 0 Å². The monoisotopic (exact) mass is 236 g/mol. The molecule has 0 fully saturated rings. The normalized spacial score (nSPS) is 12.1. The van der Waals surface area contributed by atoms with Gasteiger partial charge in [0.1, 0.15) is 0 Å². The van der Waals surface area contributed by atoms with Gasteiger partial charge in [-0.05, 0) is 61.0 Å². The fraction of sp³-hybridized carbons (Fsp3) is 0.400. The Bertz CT molecular complexity index is 375. The molecule has 0 bridgehead atoms. The first-order chi connectivity index (χ1) is 5.95. The van der Waals surface area contributed by atoms with Crippen molar-refractivity contribution in [1.82, 2.24) is 0 Å². The maximum Gasteiger partial charge on any atom is 1.00 e. The van der Waals surface area contributed by atoms with Gasteiger partial charge in [-0.15, -0.1) is 0 Å². The maximum atomic E-state index is 10.9. The number of aryl methyl sites for hydroxylation is 2. The second-order valence-corrected chi connectivity index (χ2v) is 4.20. The Hall–Kier alpha value is 0.966. The largest absolute Gasteiger partial charge is 1.00 e. The first kappa shape index (κ1) is 15.0. The first-order valence-corrected chi connectivity index (χ1v) is 5.19. The molecule has 1 aromatic rings. The summed E-state index contributed by atoms with van der Waals surface area (Å²) in [5.74, 6) is 0. The average molecular weight is 236 g/mol. The molecule has 1 unspecified atom stereocenters. The fourth-order valence-electron chi connectivity index (χ4n) is 1.52. The third kappa shape index (κ3) is 2.98. The molecule has 0 spiro atoms. The predicted octanol–water partition coefficient (Wildman–Crippen LogP) is -0.838. The quantitative estimate of drug-likeness (QED) is 0.471. The van der Waals surface area contributed by atoms with Crippen molar-refractivity contribution < 1.29 is 60.1 Å². The van der Waals surface area contributed by atoms with E-state index in [0.717, 1.165) is 22.3 Å². The van der Waals surface area contributed by atoms with Crippen molar-refractivity contribution >= 4 is 11.1 Å². The molecule has 0 heterocycles. The van der Waals surface area contributed by atoms with Crippen molar-refractivity contribution in [2.75, 3.05) is 0 Å². The molecule has 72 valence electrons. The van der Waals surface area contributed by atoms with E-state index in [1.165, 1.54) is 0 Å². The van der Waals surface area contributed by atoms with E-state index in [0.29, 0.717) is 4.90 Å². The molecule has 1 aromatic carbocycles. The zero-order valence-corrected chi connectivity index (χ0v) is 13.2. The molecule has 1 atom stereocenters. The number of rotatable bonds is 1. The predicted molar refractivity (Wildman–Crippen MR) is 52.6 cm³/mol. The van der Waals surface area contributed by atoms with Gasteiger partial charge in [0.05, 0.1) is 0 Å². The molecule has 0 amide bonds. The van der Waals surface area contributed by atoms with E-state index in [2.05, 4.69) is 0 Å². The molecule has 0 saturated carbocycles. The van der Waals surface area contributed by atoms with Gasteiger partial charge in [0.15, 0.2) is 0 Å². The van der Waals surface area contributed by atoms with Crippen LogP contribution in [0.1, 0.15) is 22.3 Å². The van der Waals surface area contributed by atoms with Gasteiger partial charge in [-0.2, -0.15) is 0 Å². The topological polar surface area (TPSA) is 40.1 Å². The summed E-state index contributed by atoms with van der Waals surface area (Å²) < 4.78 is 21.8. The molecular formula is C10H13KO2S. The van der Waals surface area contributed by atoms with Crippen LogP contribution in [0.4, 0.5) is 0 Å². The van der Waals surface area contributed by atoms with Crippen molar-refractivity contribution in [3.63, 3.8) is 0 Å². The Morgan fingerprint density at radius 3 is 2.00 bits per heavy atom. The van der Waals surface area contributed by atoms with Crippen LogP contribution in [0.15, 0.2) is 11.0 Å². The Morgan fingerprint density at radius 2 is 1.57 bits per heavy atom. The molecule has 0 N–H and O–H groups in total. The van der Waals surface area contributed by atoms with Crippen LogP contribution >= 0.6 is 0 Å². The number of hydrogen-bond donors (Lipinski definition) is 0. The molecule has 14 heavy (non-hydrogen) atoms. The average Bonchev–Trinajstić information content (AvgIpc) is 1.99. The molecule has 1 rings (SSSR count). The van der Waals surface area contributed by atoms with Gasteiger partial charge in [-0.1, -0.05) is 6.07 Å². The van der Waals surface area contributed by atoms with Crippen molar-refractivity contribution in [2.45, 2.75) is 32.6 Å². The minimum absolute atomic E-state index is 0. The fourth-order valence-corrected chi connectivity index (χ4v) is 2.24. The summed E-state index contributed by atoms with van der Waals surface area (Å²) >= 11 is -2.12. The van der Waals surface area contributed by atoms with Crippen LogP contribution in [-0.4, -0.2) is 8.76 Å². The Kier molecular flexibility index (Phi) is 6.30. The Balaban J connectivity index is 0.00000169. The minimum atomic E-state index is -2.12. The van der Waals surface area contributed by atoms with Gasteiger partial charge in [-0.25, -0.2) is 0 Å². The van der Waals surface area contributed by atoms with Gasteiger partial charge >= 0.3 is 51.4 Å². The molecule has 0 aliphatic heterocycles. The van der Waals surface area contributed by atoms with Crippen LogP contribution in [0, 0.1) is 27.7 Å². The Labute approximate surface area is 130 Å². The van der Waals surface area contributed by atoms with Gasteiger partial charge < -0.3 is 4.55 Å². The van der Waals surface area contributed by atoms with Crippen LogP contribution < -0.4 is 51.4 Å². The van der Waals surface area contributed by atoms with Crippen molar-refractivity contribution in [3.8, 4) is 0 Å². The van der Waals surface area contributed by atoms with Crippen LogP contribution in [-0.2, 0) is 11.1 Å². The summed E-state index contributed by atoms with van der Waals surface area (Å²) in [6.45, 7) is 7.61. The number of benzene rings is 1. The molecular weight excluding hydrogens is 223 g/mol. The molecule has 0 saturated heterocycles. The van der Waals surface area contributed by atoms with Gasteiger partial charge in [0.25, 0.3) is 0 Å². The van der Waals surface area contributed by atoms with E-state index in [-0.39, 0.29) is 51.4 Å². The summed E-state index contributed by atoms with van der Waals surface area (Å²) in [6, 6.07) is 1.91. The van der Waals surface area contributed by atoms with E-state index in [4.69, 9.17) is 0 Å². The van der Waals surface area contributed by atoms with Crippen molar-refractivity contribution in [3.05, 3.63) is 28.3 Å². The molecule has 0 aromatic heterocycles. The van der Waals surface area contributed by atoms with E-state index >= 15 is 0 Å². The second-order valence-electron chi connectivity index (χ2n) is 3.32. The third-order valence-electron chi connectivity index (χ3n) is 2.45. The summed E-state index contributed by atoms with van der Waals surface area (Å²) in [6.07, 6.45) is 0. The number of hydrogen-bond acceptors (Lipinski definition) is 2. The standard InChI is InChI=1S/C10H14O2S.K/c1-6-5-7(2)10(13(11)12)9(4)8(6)3;/h5H,1-4H3,(H,11,12);/q;+1/p-1. The van der Waals surface area contributed by atoms with E-state index in [1.54, 1.807) is 0 Å². The summed E-state index contributed by atoms with van der Waals surface area (Å²) in [7, 11) is 0. The molecule has 0 radical (unpaired) electrons. The van der Waals surface area contributed by atoms with Crippen LogP contribution in [0.25, 0.3) is 0 Å². The smallest absolute Gasteiger partial charge is 0.768 e. The van der Waals surface area contributed by atoms with Crippen LogP contribution in [0.5, 0.6) is 0 Å². The zero-order valence-electron chi connectivity index (χ0n) is 9.30. The van der Waals surface area contributed by atoms with Crippen LogP contribution in [0.3, 0.4) is 0 Å². The molecule has 0 aliphatic rings. The molecule has 0 aliphatic carbocycles. The van der Waals surface area contributed by atoms with Gasteiger partial charge in [-0.3, -0.25) is 4.21 Å². The Morgan fingerprint density at radius 1 is 1.07 bits per heavy atom. The van der Waals surface area contributed by atoms with Crippen molar-refractivity contribution in [1.29, 1.82) is 0 Å². The SMILES string of the molecule is Cc1cc(C)c(S(=O)[O-])c(C)c1C.[K+]. The zero-order chi connectivity index (χ0) is 10.2. The van der Waals surface area contributed by atoms with E-state index in [9.17, 15) is 8.76 Å². The molecule has 2 nitrogen and oxygen atoms in total. The molecule has 4 heteroatoms. The summed E-state index contributed by atoms with van der Waals surface area (Å²) in [5, 5.41) is 0.